The third-order valence-corrected chi connectivity index (χ3v) is 9.00. The highest BCUT2D eigenvalue weighted by molar-refractivity contribution is 7.99. The molecule has 0 amide bonds. The Balaban J connectivity index is 1.79. The van der Waals surface area contributed by atoms with Gasteiger partial charge < -0.3 is 0 Å². The third kappa shape index (κ3) is 3.80. The second kappa shape index (κ2) is 8.11. The van der Waals surface area contributed by atoms with Gasteiger partial charge in [-0.2, -0.15) is 0 Å². The van der Waals surface area contributed by atoms with Crippen LogP contribution in [-0.2, 0) is 10.9 Å². The van der Waals surface area contributed by atoms with E-state index < -0.39 is 0 Å². The van der Waals surface area contributed by atoms with Gasteiger partial charge in [0.2, 0.25) is 5.78 Å². The molecule has 5 aromatic carbocycles. The monoisotopic (exact) mass is 435 g/mol. The van der Waals surface area contributed by atoms with Crippen molar-refractivity contribution >= 4 is 49.0 Å². The molecule has 0 saturated heterocycles. The zero-order chi connectivity index (χ0) is 22.3. The molecule has 0 N–H and O–H groups in total. The summed E-state index contributed by atoms with van der Waals surface area (Å²) in [6.45, 7) is 6.80. The highest BCUT2D eigenvalue weighted by Crippen LogP contribution is 2.40. The largest absolute Gasteiger partial charge is 0.289 e. The third-order valence-electron chi connectivity index (χ3n) is 6.04. The van der Waals surface area contributed by atoms with E-state index in [2.05, 4.69) is 87.5 Å². The Kier molecular flexibility index (Phi) is 5.27. The van der Waals surface area contributed by atoms with Gasteiger partial charge in [0, 0.05) is 27.2 Å². The minimum atomic E-state index is -0.277. The first kappa shape index (κ1) is 20.8. The smallest absolute Gasteiger partial charge is 0.212 e. The van der Waals surface area contributed by atoms with E-state index >= 15 is 0 Å². The van der Waals surface area contributed by atoms with Crippen molar-refractivity contribution in [1.29, 1.82) is 0 Å². The molecule has 5 aromatic rings. The fraction of sp³-hybridized carbons (Fsp3) is 0.167. The normalized spacial score (nSPS) is 13.0. The Morgan fingerprint density at radius 1 is 0.656 bits per heavy atom. The van der Waals surface area contributed by atoms with Gasteiger partial charge in [-0.1, -0.05) is 72.8 Å². The molecule has 0 saturated carbocycles. The first-order valence-corrected chi connectivity index (χ1v) is 12.4. The molecule has 0 aliphatic carbocycles. The van der Waals surface area contributed by atoms with E-state index in [1.165, 1.54) is 37.2 Å². The standard InChI is InChI=1S/C30H27OS/c1-30(2,3)32(20-28(31)21-11-5-4-6-12-21)29-26-16-10-9-15-24(26)18-25-17-22-13-7-8-14-23(22)19-27(25)29/h4-19H,20H2,1-3H3/q+1. The Hall–Kier alpha value is -3.10. The molecule has 0 bridgehead atoms. The van der Waals surface area contributed by atoms with Gasteiger partial charge in [0.1, 0.15) is 4.75 Å². The van der Waals surface area contributed by atoms with E-state index in [9.17, 15) is 4.79 Å². The summed E-state index contributed by atoms with van der Waals surface area (Å²) in [5.41, 5.74) is 0.796. The van der Waals surface area contributed by atoms with Gasteiger partial charge in [-0.3, -0.25) is 4.79 Å². The number of rotatable bonds is 4. The van der Waals surface area contributed by atoms with E-state index in [1.54, 1.807) is 0 Å². The van der Waals surface area contributed by atoms with Crippen molar-refractivity contribution in [1.82, 2.24) is 0 Å². The number of carbonyl (C=O) groups excluding carboxylic acids is 1. The van der Waals surface area contributed by atoms with E-state index in [0.29, 0.717) is 5.75 Å². The SMILES string of the molecule is CC(C)(C)[S+](CC(=O)c1ccccc1)c1c2ccccc2cc2cc3ccccc3cc12. The van der Waals surface area contributed by atoms with Crippen LogP contribution in [0.25, 0.3) is 32.3 Å². The van der Waals surface area contributed by atoms with E-state index in [1.807, 2.05) is 30.3 Å². The maximum absolute atomic E-state index is 13.4. The first-order chi connectivity index (χ1) is 15.4. The van der Waals surface area contributed by atoms with Gasteiger partial charge in [0.05, 0.1) is 0 Å². The van der Waals surface area contributed by atoms with Crippen molar-refractivity contribution in [2.45, 2.75) is 30.4 Å². The average molecular weight is 436 g/mol. The number of carbonyl (C=O) groups is 1. The second-order valence-corrected chi connectivity index (χ2v) is 12.0. The van der Waals surface area contributed by atoms with Crippen LogP contribution in [0.2, 0.25) is 0 Å². The lowest BCUT2D eigenvalue weighted by atomic mass is 9.99. The van der Waals surface area contributed by atoms with Crippen molar-refractivity contribution < 1.29 is 4.79 Å². The maximum Gasteiger partial charge on any atom is 0.212 e. The molecular weight excluding hydrogens is 408 g/mol. The first-order valence-electron chi connectivity index (χ1n) is 11.1. The fourth-order valence-electron chi connectivity index (χ4n) is 4.42. The Bertz CT molecular complexity index is 1440. The molecule has 158 valence electrons. The van der Waals surface area contributed by atoms with Crippen LogP contribution in [0.4, 0.5) is 0 Å². The van der Waals surface area contributed by atoms with E-state index in [4.69, 9.17) is 0 Å². The van der Waals surface area contributed by atoms with Crippen LogP contribution >= 0.6 is 0 Å². The fourth-order valence-corrected chi connectivity index (χ4v) is 6.93. The highest BCUT2D eigenvalue weighted by Gasteiger charge is 2.41. The van der Waals surface area contributed by atoms with E-state index in [0.717, 1.165) is 5.56 Å². The summed E-state index contributed by atoms with van der Waals surface area (Å²) in [6, 6.07) is 33.8. The minimum Gasteiger partial charge on any atom is -0.289 e. The molecule has 0 aliphatic rings. The molecule has 0 spiro atoms. The summed E-state index contributed by atoms with van der Waals surface area (Å²) in [5, 5.41) is 7.49. The predicted octanol–water partition coefficient (Wildman–Crippen LogP) is 7.80. The number of fused-ring (bicyclic) bond motifs is 3. The summed E-state index contributed by atoms with van der Waals surface area (Å²) >= 11 is 0. The lowest BCUT2D eigenvalue weighted by Gasteiger charge is -2.24. The Morgan fingerprint density at radius 2 is 1.22 bits per heavy atom. The van der Waals surface area contributed by atoms with Crippen LogP contribution in [-0.4, -0.2) is 16.3 Å². The summed E-state index contributed by atoms with van der Waals surface area (Å²) < 4.78 is -0.0485. The number of Topliss-reactive ketones (excluding diaryl/α,β-unsaturated/α-hetero) is 1. The van der Waals surface area contributed by atoms with Crippen LogP contribution < -0.4 is 0 Å². The molecule has 2 heteroatoms. The molecular formula is C30H27OS+. The Morgan fingerprint density at radius 3 is 1.91 bits per heavy atom. The lowest BCUT2D eigenvalue weighted by Crippen LogP contribution is -2.34. The molecule has 0 aromatic heterocycles. The van der Waals surface area contributed by atoms with Crippen molar-refractivity contribution in [2.75, 3.05) is 5.75 Å². The van der Waals surface area contributed by atoms with Gasteiger partial charge in [0.25, 0.3) is 0 Å². The molecule has 1 nitrogen and oxygen atoms in total. The summed E-state index contributed by atoms with van der Waals surface area (Å²) in [4.78, 5) is 14.7. The molecule has 0 aliphatic heterocycles. The van der Waals surface area contributed by atoms with E-state index in [-0.39, 0.29) is 21.4 Å². The number of hydrogen-bond acceptors (Lipinski definition) is 1. The van der Waals surface area contributed by atoms with Crippen molar-refractivity contribution in [2.24, 2.45) is 0 Å². The van der Waals surface area contributed by atoms with Gasteiger partial charge >= 0.3 is 0 Å². The van der Waals surface area contributed by atoms with Crippen LogP contribution in [0.15, 0.2) is 102 Å². The Labute approximate surface area is 192 Å². The quantitative estimate of drug-likeness (QED) is 0.160. The van der Waals surface area contributed by atoms with Crippen LogP contribution in [0.3, 0.4) is 0 Å². The molecule has 32 heavy (non-hydrogen) atoms. The number of hydrogen-bond donors (Lipinski definition) is 0. The molecule has 0 fully saturated rings. The maximum atomic E-state index is 13.4. The van der Waals surface area contributed by atoms with Gasteiger partial charge in [-0.25, -0.2) is 0 Å². The van der Waals surface area contributed by atoms with Gasteiger partial charge in [0.15, 0.2) is 10.6 Å². The van der Waals surface area contributed by atoms with Crippen LogP contribution in [0.1, 0.15) is 31.1 Å². The average Bonchev–Trinajstić information content (AvgIpc) is 2.80. The molecule has 5 rings (SSSR count). The second-order valence-electron chi connectivity index (χ2n) is 9.28. The minimum absolute atomic E-state index is 0.0485. The lowest BCUT2D eigenvalue weighted by molar-refractivity contribution is 0.102. The summed E-state index contributed by atoms with van der Waals surface area (Å²) in [7, 11) is -0.277. The van der Waals surface area contributed by atoms with Crippen molar-refractivity contribution in [3.63, 3.8) is 0 Å². The predicted molar refractivity (Wildman–Crippen MR) is 140 cm³/mol. The topological polar surface area (TPSA) is 17.1 Å². The van der Waals surface area contributed by atoms with Crippen molar-refractivity contribution in [3.05, 3.63) is 103 Å². The van der Waals surface area contributed by atoms with Gasteiger partial charge in [-0.05, 0) is 66.6 Å². The summed E-state index contributed by atoms with van der Waals surface area (Å²) in [5.74, 6) is 0.731. The molecule has 0 heterocycles. The van der Waals surface area contributed by atoms with Crippen LogP contribution in [0.5, 0.6) is 0 Å². The number of benzene rings is 5. The molecule has 1 atom stereocenters. The summed E-state index contributed by atoms with van der Waals surface area (Å²) in [6.07, 6.45) is 0. The van der Waals surface area contributed by atoms with Crippen LogP contribution in [0, 0.1) is 0 Å². The molecule has 1 unspecified atom stereocenters. The highest BCUT2D eigenvalue weighted by atomic mass is 32.2. The molecule has 0 radical (unpaired) electrons. The van der Waals surface area contributed by atoms with Crippen molar-refractivity contribution in [3.8, 4) is 0 Å². The number of ketones is 1. The zero-order valence-electron chi connectivity index (χ0n) is 18.8. The van der Waals surface area contributed by atoms with Gasteiger partial charge in [-0.15, -0.1) is 0 Å². The zero-order valence-corrected chi connectivity index (χ0v) is 19.6.